The minimum absolute atomic E-state index is 0.131. The molecule has 74 valence electrons. The molecule has 1 unspecified atom stereocenters. The molecule has 2 rings (SSSR count). The zero-order chi connectivity index (χ0) is 10.5. The van der Waals surface area contributed by atoms with Gasteiger partial charge in [0.25, 0.3) is 0 Å². The van der Waals surface area contributed by atoms with Crippen LogP contribution >= 0.6 is 0 Å². The van der Waals surface area contributed by atoms with Gasteiger partial charge in [-0.1, -0.05) is 30.3 Å². The number of hydrogen-bond acceptors (Lipinski definition) is 1. The Morgan fingerprint density at radius 3 is 2.33 bits per heavy atom. The third-order valence-corrected chi connectivity index (χ3v) is 2.46. The predicted octanol–water partition coefficient (Wildman–Crippen LogP) is 2.99. The number of nitriles is 1. The minimum Gasteiger partial charge on any atom is -0.346 e. The third-order valence-electron chi connectivity index (χ3n) is 2.46. The van der Waals surface area contributed by atoms with E-state index in [1.54, 1.807) is 0 Å². The van der Waals surface area contributed by atoms with Crippen molar-refractivity contribution in [2.45, 2.75) is 12.5 Å². The molecule has 0 aliphatic heterocycles. The maximum absolute atomic E-state index is 8.83. The molecule has 0 saturated carbocycles. The summed E-state index contributed by atoms with van der Waals surface area (Å²) < 4.78 is 2.07. The Morgan fingerprint density at radius 1 is 1.07 bits per heavy atom. The van der Waals surface area contributed by atoms with Crippen LogP contribution in [-0.2, 0) is 0 Å². The van der Waals surface area contributed by atoms with Crippen LogP contribution in [0.15, 0.2) is 54.9 Å². The lowest BCUT2D eigenvalue weighted by atomic mass is 10.0. The second-order valence-electron chi connectivity index (χ2n) is 3.42. The van der Waals surface area contributed by atoms with Crippen molar-refractivity contribution in [2.75, 3.05) is 0 Å². The molecule has 0 spiro atoms. The number of benzene rings is 1. The van der Waals surface area contributed by atoms with E-state index in [4.69, 9.17) is 5.26 Å². The molecule has 0 bridgehead atoms. The van der Waals surface area contributed by atoms with Crippen LogP contribution in [0.2, 0.25) is 0 Å². The summed E-state index contributed by atoms with van der Waals surface area (Å²) in [6.07, 6.45) is 4.49. The molecule has 1 atom stereocenters. The maximum Gasteiger partial charge on any atom is 0.0709 e. The lowest BCUT2D eigenvalue weighted by Gasteiger charge is -2.16. The average Bonchev–Trinajstić information content (AvgIpc) is 2.80. The van der Waals surface area contributed by atoms with Crippen LogP contribution in [0.5, 0.6) is 0 Å². The van der Waals surface area contributed by atoms with E-state index in [1.807, 2.05) is 42.7 Å². The van der Waals surface area contributed by atoms with Gasteiger partial charge in [-0.15, -0.1) is 0 Å². The molecule has 0 aliphatic carbocycles. The van der Waals surface area contributed by atoms with Gasteiger partial charge >= 0.3 is 0 Å². The highest BCUT2D eigenvalue weighted by atomic mass is 15.0. The summed E-state index contributed by atoms with van der Waals surface area (Å²) in [5.41, 5.74) is 1.18. The van der Waals surface area contributed by atoms with Crippen molar-refractivity contribution in [3.05, 3.63) is 60.4 Å². The van der Waals surface area contributed by atoms with Gasteiger partial charge in [0.05, 0.1) is 18.5 Å². The van der Waals surface area contributed by atoms with Gasteiger partial charge in [0, 0.05) is 12.4 Å². The van der Waals surface area contributed by atoms with Crippen LogP contribution in [0.3, 0.4) is 0 Å². The van der Waals surface area contributed by atoms with Gasteiger partial charge in [-0.25, -0.2) is 0 Å². The minimum atomic E-state index is 0.131. The molecule has 0 fully saturated rings. The summed E-state index contributed by atoms with van der Waals surface area (Å²) in [7, 11) is 0. The smallest absolute Gasteiger partial charge is 0.0709 e. The summed E-state index contributed by atoms with van der Waals surface area (Å²) in [5, 5.41) is 8.83. The van der Waals surface area contributed by atoms with Crippen molar-refractivity contribution in [1.82, 2.24) is 4.57 Å². The first-order valence-corrected chi connectivity index (χ1v) is 4.96. The summed E-state index contributed by atoms with van der Waals surface area (Å²) in [6.45, 7) is 0. The van der Waals surface area contributed by atoms with E-state index in [-0.39, 0.29) is 6.04 Å². The molecule has 1 aromatic carbocycles. The van der Waals surface area contributed by atoms with Crippen molar-refractivity contribution in [3.8, 4) is 6.07 Å². The van der Waals surface area contributed by atoms with Crippen molar-refractivity contribution in [1.29, 1.82) is 5.26 Å². The van der Waals surface area contributed by atoms with Gasteiger partial charge in [0.15, 0.2) is 0 Å². The molecule has 0 aliphatic rings. The lowest BCUT2D eigenvalue weighted by molar-refractivity contribution is 0.600. The molecule has 1 heterocycles. The van der Waals surface area contributed by atoms with E-state index < -0.39 is 0 Å². The van der Waals surface area contributed by atoms with Crippen LogP contribution < -0.4 is 0 Å². The molecule has 15 heavy (non-hydrogen) atoms. The molecule has 1 aromatic heterocycles. The van der Waals surface area contributed by atoms with Gasteiger partial charge in [-0.3, -0.25) is 0 Å². The summed E-state index contributed by atoms with van der Waals surface area (Å²) >= 11 is 0. The molecule has 0 N–H and O–H groups in total. The van der Waals surface area contributed by atoms with E-state index in [9.17, 15) is 0 Å². The van der Waals surface area contributed by atoms with Gasteiger partial charge in [0.1, 0.15) is 0 Å². The number of aromatic nitrogens is 1. The van der Waals surface area contributed by atoms with Gasteiger partial charge in [-0.05, 0) is 17.7 Å². The quantitative estimate of drug-likeness (QED) is 0.741. The molecule has 0 saturated heterocycles. The number of nitrogens with zero attached hydrogens (tertiary/aromatic N) is 2. The lowest BCUT2D eigenvalue weighted by Crippen LogP contribution is -2.07. The monoisotopic (exact) mass is 196 g/mol. The first-order valence-electron chi connectivity index (χ1n) is 4.96. The molecule has 0 radical (unpaired) electrons. The summed E-state index contributed by atoms with van der Waals surface area (Å²) in [6, 6.07) is 16.4. The Bertz CT molecular complexity index is 437. The number of hydrogen-bond donors (Lipinski definition) is 0. The van der Waals surface area contributed by atoms with Crippen molar-refractivity contribution >= 4 is 0 Å². The Morgan fingerprint density at radius 2 is 1.73 bits per heavy atom. The summed E-state index contributed by atoms with van der Waals surface area (Å²) in [4.78, 5) is 0. The molecule has 0 amide bonds. The van der Waals surface area contributed by atoms with Crippen molar-refractivity contribution in [2.24, 2.45) is 0 Å². The SMILES string of the molecule is N#CCC(c1ccccc1)n1cccc1. The zero-order valence-corrected chi connectivity index (χ0v) is 8.38. The molecule has 2 aromatic rings. The van der Waals surface area contributed by atoms with E-state index >= 15 is 0 Å². The Balaban J connectivity index is 2.33. The Kier molecular flexibility index (Phi) is 2.85. The van der Waals surface area contributed by atoms with Crippen molar-refractivity contribution in [3.63, 3.8) is 0 Å². The second kappa shape index (κ2) is 4.47. The number of rotatable bonds is 3. The van der Waals surface area contributed by atoms with Gasteiger partial charge in [0.2, 0.25) is 0 Å². The fourth-order valence-electron chi connectivity index (χ4n) is 1.71. The topological polar surface area (TPSA) is 28.7 Å². The van der Waals surface area contributed by atoms with Crippen molar-refractivity contribution < 1.29 is 0 Å². The fourth-order valence-corrected chi connectivity index (χ4v) is 1.71. The highest BCUT2D eigenvalue weighted by Crippen LogP contribution is 2.21. The third kappa shape index (κ3) is 2.08. The van der Waals surface area contributed by atoms with Crippen LogP contribution in [0.1, 0.15) is 18.0 Å². The molecular weight excluding hydrogens is 184 g/mol. The molecular formula is C13H12N2. The Hall–Kier alpha value is -2.01. The van der Waals surface area contributed by atoms with Crippen LogP contribution in [0.4, 0.5) is 0 Å². The highest BCUT2D eigenvalue weighted by molar-refractivity contribution is 5.21. The Labute approximate surface area is 89.4 Å². The largest absolute Gasteiger partial charge is 0.346 e. The predicted molar refractivity (Wildman–Crippen MR) is 59.2 cm³/mol. The maximum atomic E-state index is 8.83. The molecule has 2 heteroatoms. The van der Waals surface area contributed by atoms with E-state index in [0.29, 0.717) is 6.42 Å². The second-order valence-corrected chi connectivity index (χ2v) is 3.42. The van der Waals surface area contributed by atoms with E-state index in [0.717, 1.165) is 0 Å². The summed E-state index contributed by atoms with van der Waals surface area (Å²) in [5.74, 6) is 0. The van der Waals surface area contributed by atoms with E-state index in [2.05, 4.69) is 22.8 Å². The highest BCUT2D eigenvalue weighted by Gasteiger charge is 2.11. The van der Waals surface area contributed by atoms with Gasteiger partial charge in [-0.2, -0.15) is 5.26 Å². The van der Waals surface area contributed by atoms with Crippen LogP contribution in [0, 0.1) is 11.3 Å². The first kappa shape index (κ1) is 9.54. The standard InChI is InChI=1S/C13H12N2/c14-9-8-13(15-10-4-5-11-15)12-6-2-1-3-7-12/h1-7,10-11,13H,8H2. The van der Waals surface area contributed by atoms with E-state index in [1.165, 1.54) is 5.56 Å². The van der Waals surface area contributed by atoms with Crippen LogP contribution in [0.25, 0.3) is 0 Å². The molecule has 2 nitrogen and oxygen atoms in total. The van der Waals surface area contributed by atoms with Gasteiger partial charge < -0.3 is 4.57 Å². The zero-order valence-electron chi connectivity index (χ0n) is 8.38. The average molecular weight is 196 g/mol. The normalized spacial score (nSPS) is 11.9. The first-order chi connectivity index (χ1) is 7.42. The van der Waals surface area contributed by atoms with Crippen LogP contribution in [-0.4, -0.2) is 4.57 Å². The fraction of sp³-hybridized carbons (Fsp3) is 0.154.